The van der Waals surface area contributed by atoms with Crippen LogP contribution in [0.25, 0.3) is 11.3 Å². The van der Waals surface area contributed by atoms with Crippen LogP contribution in [0.1, 0.15) is 19.8 Å². The van der Waals surface area contributed by atoms with Crippen molar-refractivity contribution in [1.29, 1.82) is 0 Å². The molecule has 19 heavy (non-hydrogen) atoms. The Kier molecular flexibility index (Phi) is 4.52. The second-order valence-electron chi connectivity index (χ2n) is 4.23. The molecule has 2 rings (SSSR count). The molecule has 0 saturated carbocycles. The molecule has 1 aromatic carbocycles. The van der Waals surface area contributed by atoms with E-state index in [9.17, 15) is 4.79 Å². The maximum Gasteiger partial charge on any atom is 0.326 e. The Morgan fingerprint density at radius 1 is 1.42 bits per heavy atom. The van der Waals surface area contributed by atoms with E-state index >= 15 is 0 Å². The first kappa shape index (κ1) is 13.5. The van der Waals surface area contributed by atoms with Crippen molar-refractivity contribution in [2.24, 2.45) is 0 Å². The number of aromatic nitrogens is 1. The summed E-state index contributed by atoms with van der Waals surface area (Å²) >= 11 is 1.43. The molecule has 0 fully saturated rings. The first-order valence-electron chi connectivity index (χ1n) is 6.21. The van der Waals surface area contributed by atoms with Gasteiger partial charge in [-0.25, -0.2) is 9.78 Å². The number of hydrogen-bond donors (Lipinski definition) is 2. The molecular formula is C14H16N2O2S. The van der Waals surface area contributed by atoms with Crippen molar-refractivity contribution >= 4 is 22.4 Å². The molecule has 0 bridgehead atoms. The average molecular weight is 276 g/mol. The largest absolute Gasteiger partial charge is 0.480 e. The van der Waals surface area contributed by atoms with Gasteiger partial charge in [-0.1, -0.05) is 43.7 Å². The van der Waals surface area contributed by atoms with Crippen molar-refractivity contribution in [1.82, 2.24) is 4.98 Å². The number of rotatable bonds is 6. The predicted octanol–water partition coefficient (Wildman–Crippen LogP) is 3.48. The Balaban J connectivity index is 2.11. The number of aliphatic carboxylic acids is 1. The quantitative estimate of drug-likeness (QED) is 0.848. The molecule has 100 valence electrons. The summed E-state index contributed by atoms with van der Waals surface area (Å²) in [4.78, 5) is 15.5. The fourth-order valence-electron chi connectivity index (χ4n) is 1.78. The SMILES string of the molecule is CCCC(Nc1nc(-c2ccccc2)cs1)C(=O)O. The summed E-state index contributed by atoms with van der Waals surface area (Å²) in [6.45, 7) is 1.97. The van der Waals surface area contributed by atoms with Gasteiger partial charge in [0.1, 0.15) is 6.04 Å². The lowest BCUT2D eigenvalue weighted by molar-refractivity contribution is -0.138. The van der Waals surface area contributed by atoms with Crippen molar-refractivity contribution in [2.75, 3.05) is 5.32 Å². The summed E-state index contributed by atoms with van der Waals surface area (Å²) < 4.78 is 0. The summed E-state index contributed by atoms with van der Waals surface area (Å²) in [5.74, 6) is -0.835. The lowest BCUT2D eigenvalue weighted by Gasteiger charge is -2.11. The number of carboxylic acid groups (broad SMARTS) is 1. The Bertz CT molecular complexity index is 539. The van der Waals surface area contributed by atoms with Gasteiger partial charge in [-0.05, 0) is 6.42 Å². The fraction of sp³-hybridized carbons (Fsp3) is 0.286. The number of carbonyl (C=O) groups is 1. The summed E-state index contributed by atoms with van der Waals surface area (Å²) in [5, 5.41) is 14.7. The van der Waals surface area contributed by atoms with E-state index in [1.165, 1.54) is 11.3 Å². The van der Waals surface area contributed by atoms with Crippen molar-refractivity contribution in [3.05, 3.63) is 35.7 Å². The lowest BCUT2D eigenvalue weighted by atomic mass is 10.2. The number of nitrogens with zero attached hydrogens (tertiary/aromatic N) is 1. The number of thiazole rings is 1. The summed E-state index contributed by atoms with van der Waals surface area (Å²) in [7, 11) is 0. The third-order valence-corrected chi connectivity index (χ3v) is 3.52. The first-order valence-corrected chi connectivity index (χ1v) is 7.09. The smallest absolute Gasteiger partial charge is 0.326 e. The third-order valence-electron chi connectivity index (χ3n) is 2.75. The Hall–Kier alpha value is -1.88. The van der Waals surface area contributed by atoms with E-state index < -0.39 is 12.0 Å². The number of nitrogens with one attached hydrogen (secondary N) is 1. The molecule has 0 radical (unpaired) electrons. The minimum atomic E-state index is -0.835. The van der Waals surface area contributed by atoms with Crippen LogP contribution in [0.3, 0.4) is 0 Å². The molecule has 1 unspecified atom stereocenters. The molecule has 2 N–H and O–H groups in total. The standard InChI is InChI=1S/C14H16N2O2S/c1-2-6-11(13(17)18)15-14-16-12(9-19-14)10-7-4-3-5-8-10/h3-5,7-9,11H,2,6H2,1H3,(H,15,16)(H,17,18). The van der Waals surface area contributed by atoms with Crippen LogP contribution in [0.15, 0.2) is 35.7 Å². The van der Waals surface area contributed by atoms with E-state index in [1.807, 2.05) is 42.6 Å². The highest BCUT2D eigenvalue weighted by molar-refractivity contribution is 7.14. The van der Waals surface area contributed by atoms with Gasteiger partial charge in [0.2, 0.25) is 0 Å². The van der Waals surface area contributed by atoms with Gasteiger partial charge in [0.25, 0.3) is 0 Å². The van der Waals surface area contributed by atoms with Gasteiger partial charge in [0, 0.05) is 10.9 Å². The maximum atomic E-state index is 11.1. The normalized spacial score (nSPS) is 12.1. The highest BCUT2D eigenvalue weighted by atomic mass is 32.1. The fourth-order valence-corrected chi connectivity index (χ4v) is 2.55. The average Bonchev–Trinajstić information content (AvgIpc) is 2.88. The van der Waals surface area contributed by atoms with E-state index in [0.29, 0.717) is 11.6 Å². The molecule has 0 aliphatic carbocycles. The van der Waals surface area contributed by atoms with Crippen LogP contribution >= 0.6 is 11.3 Å². The maximum absolute atomic E-state index is 11.1. The van der Waals surface area contributed by atoms with Gasteiger partial charge in [0.05, 0.1) is 5.69 Å². The van der Waals surface area contributed by atoms with Crippen molar-refractivity contribution in [3.63, 3.8) is 0 Å². The van der Waals surface area contributed by atoms with Crippen molar-refractivity contribution in [3.8, 4) is 11.3 Å². The summed E-state index contributed by atoms with van der Waals surface area (Å²) in [6, 6.07) is 9.27. The van der Waals surface area contributed by atoms with E-state index in [0.717, 1.165) is 17.7 Å². The molecule has 0 saturated heterocycles. The number of carboxylic acids is 1. The molecule has 0 aliphatic rings. The van der Waals surface area contributed by atoms with E-state index in [2.05, 4.69) is 10.3 Å². The van der Waals surface area contributed by atoms with E-state index in [4.69, 9.17) is 5.11 Å². The monoisotopic (exact) mass is 276 g/mol. The third kappa shape index (κ3) is 3.54. The van der Waals surface area contributed by atoms with Crippen LogP contribution in [-0.2, 0) is 4.79 Å². The molecule has 1 atom stereocenters. The summed E-state index contributed by atoms with van der Waals surface area (Å²) in [6.07, 6.45) is 1.41. The highest BCUT2D eigenvalue weighted by Crippen LogP contribution is 2.25. The topological polar surface area (TPSA) is 62.2 Å². The van der Waals surface area contributed by atoms with Crippen LogP contribution in [-0.4, -0.2) is 22.1 Å². The zero-order valence-corrected chi connectivity index (χ0v) is 11.5. The molecule has 0 spiro atoms. The van der Waals surface area contributed by atoms with Crippen LogP contribution < -0.4 is 5.32 Å². The van der Waals surface area contributed by atoms with Gasteiger partial charge in [-0.15, -0.1) is 11.3 Å². The second kappa shape index (κ2) is 6.33. The minimum absolute atomic E-state index is 0.570. The molecular weight excluding hydrogens is 260 g/mol. The molecule has 0 aliphatic heterocycles. The van der Waals surface area contributed by atoms with Gasteiger partial charge in [0.15, 0.2) is 5.13 Å². The molecule has 5 heteroatoms. The Morgan fingerprint density at radius 2 is 2.16 bits per heavy atom. The van der Waals surface area contributed by atoms with Gasteiger partial charge < -0.3 is 10.4 Å². The van der Waals surface area contributed by atoms with E-state index in [1.54, 1.807) is 0 Å². The van der Waals surface area contributed by atoms with Crippen molar-refractivity contribution < 1.29 is 9.90 Å². The minimum Gasteiger partial charge on any atom is -0.480 e. The number of benzene rings is 1. The van der Waals surface area contributed by atoms with Gasteiger partial charge in [-0.2, -0.15) is 0 Å². The van der Waals surface area contributed by atoms with E-state index in [-0.39, 0.29) is 0 Å². The molecule has 1 heterocycles. The predicted molar refractivity (Wildman–Crippen MR) is 77.5 cm³/mol. The van der Waals surface area contributed by atoms with Crippen LogP contribution in [0.2, 0.25) is 0 Å². The van der Waals surface area contributed by atoms with Crippen molar-refractivity contribution in [2.45, 2.75) is 25.8 Å². The Labute approximate surface area is 116 Å². The second-order valence-corrected chi connectivity index (χ2v) is 5.09. The number of hydrogen-bond acceptors (Lipinski definition) is 4. The van der Waals surface area contributed by atoms with Crippen LogP contribution in [0, 0.1) is 0 Å². The molecule has 4 nitrogen and oxygen atoms in total. The Morgan fingerprint density at radius 3 is 2.79 bits per heavy atom. The molecule has 2 aromatic rings. The van der Waals surface area contributed by atoms with Gasteiger partial charge >= 0.3 is 5.97 Å². The zero-order valence-electron chi connectivity index (χ0n) is 10.7. The summed E-state index contributed by atoms with van der Waals surface area (Å²) in [5.41, 5.74) is 1.91. The first-order chi connectivity index (χ1) is 9.20. The molecule has 0 amide bonds. The van der Waals surface area contributed by atoms with Crippen LogP contribution in [0.4, 0.5) is 5.13 Å². The van der Waals surface area contributed by atoms with Gasteiger partial charge in [-0.3, -0.25) is 0 Å². The van der Waals surface area contributed by atoms with Crippen LogP contribution in [0.5, 0.6) is 0 Å². The zero-order chi connectivity index (χ0) is 13.7. The highest BCUT2D eigenvalue weighted by Gasteiger charge is 2.17. The lowest BCUT2D eigenvalue weighted by Crippen LogP contribution is -2.28. The molecule has 1 aromatic heterocycles. The number of anilines is 1.